The number of pyridine rings is 1. The van der Waals surface area contributed by atoms with E-state index in [0.29, 0.717) is 12.0 Å². The summed E-state index contributed by atoms with van der Waals surface area (Å²) < 4.78 is 0. The molecule has 1 aliphatic heterocycles. The Bertz CT molecular complexity index is 370. The lowest BCUT2D eigenvalue weighted by molar-refractivity contribution is 0.537. The first-order valence-electron chi connectivity index (χ1n) is 7.06. The maximum Gasteiger partial charge on any atom is 0.128 e. The number of aryl methyl sites for hydroxylation is 1. The highest BCUT2D eigenvalue weighted by molar-refractivity contribution is 5.41. The average molecular weight is 247 g/mol. The molecule has 0 amide bonds. The van der Waals surface area contributed by atoms with Crippen LogP contribution in [0.5, 0.6) is 0 Å². The summed E-state index contributed by atoms with van der Waals surface area (Å²) in [5.74, 6) is 1.78. The van der Waals surface area contributed by atoms with Crippen LogP contribution in [0.1, 0.15) is 32.3 Å². The number of hydrogen-bond acceptors (Lipinski definition) is 3. The third-order valence-electron chi connectivity index (χ3n) is 3.41. The van der Waals surface area contributed by atoms with Crippen LogP contribution in [0.25, 0.3) is 0 Å². The van der Waals surface area contributed by atoms with Gasteiger partial charge in [-0.3, -0.25) is 0 Å². The molecule has 0 radical (unpaired) electrons. The SMILES string of the molecule is Cc1ccnc(N(CC(C)C)CC2CCCN2)c1. The van der Waals surface area contributed by atoms with E-state index in [-0.39, 0.29) is 0 Å². The average Bonchev–Trinajstić information content (AvgIpc) is 2.80. The van der Waals surface area contributed by atoms with Gasteiger partial charge in [-0.25, -0.2) is 4.98 Å². The third-order valence-corrected chi connectivity index (χ3v) is 3.41. The fourth-order valence-electron chi connectivity index (χ4n) is 2.57. The first-order chi connectivity index (χ1) is 8.65. The van der Waals surface area contributed by atoms with Crippen LogP contribution in [0.15, 0.2) is 18.3 Å². The first-order valence-corrected chi connectivity index (χ1v) is 7.06. The molecule has 1 N–H and O–H groups in total. The largest absolute Gasteiger partial charge is 0.355 e. The van der Waals surface area contributed by atoms with Crippen LogP contribution in [0.3, 0.4) is 0 Å². The highest BCUT2D eigenvalue weighted by Crippen LogP contribution is 2.17. The Morgan fingerprint density at radius 2 is 2.33 bits per heavy atom. The number of hydrogen-bond donors (Lipinski definition) is 1. The summed E-state index contributed by atoms with van der Waals surface area (Å²) in [6.45, 7) is 9.99. The summed E-state index contributed by atoms with van der Waals surface area (Å²) in [7, 11) is 0. The van der Waals surface area contributed by atoms with Gasteiger partial charge in [-0.05, 0) is 49.9 Å². The van der Waals surface area contributed by atoms with Crippen LogP contribution in [0.2, 0.25) is 0 Å². The zero-order valence-corrected chi connectivity index (χ0v) is 11.8. The van der Waals surface area contributed by atoms with Crippen molar-refractivity contribution in [3.8, 4) is 0 Å². The van der Waals surface area contributed by atoms with Gasteiger partial charge in [0.2, 0.25) is 0 Å². The second-order valence-electron chi connectivity index (χ2n) is 5.78. The lowest BCUT2D eigenvalue weighted by atomic mass is 10.1. The van der Waals surface area contributed by atoms with E-state index < -0.39 is 0 Å². The molecule has 0 bridgehead atoms. The molecule has 0 saturated carbocycles. The summed E-state index contributed by atoms with van der Waals surface area (Å²) in [6, 6.07) is 4.88. The molecule has 1 aromatic heterocycles. The molecule has 0 aromatic carbocycles. The van der Waals surface area contributed by atoms with Gasteiger partial charge in [-0.15, -0.1) is 0 Å². The Morgan fingerprint density at radius 3 is 2.94 bits per heavy atom. The van der Waals surface area contributed by atoms with Crippen molar-refractivity contribution in [3.05, 3.63) is 23.9 Å². The van der Waals surface area contributed by atoms with Gasteiger partial charge in [0.15, 0.2) is 0 Å². The summed E-state index contributed by atoms with van der Waals surface area (Å²) in [5.41, 5.74) is 1.29. The Morgan fingerprint density at radius 1 is 1.50 bits per heavy atom. The van der Waals surface area contributed by atoms with Gasteiger partial charge in [0, 0.05) is 25.3 Å². The summed E-state index contributed by atoms with van der Waals surface area (Å²) in [5, 5.41) is 3.58. The number of anilines is 1. The number of rotatable bonds is 5. The highest BCUT2D eigenvalue weighted by atomic mass is 15.2. The molecule has 18 heavy (non-hydrogen) atoms. The fourth-order valence-corrected chi connectivity index (χ4v) is 2.57. The Kier molecular flexibility index (Phi) is 4.59. The first kappa shape index (κ1) is 13.3. The fraction of sp³-hybridized carbons (Fsp3) is 0.667. The summed E-state index contributed by atoms with van der Waals surface area (Å²) >= 11 is 0. The quantitative estimate of drug-likeness (QED) is 0.867. The van der Waals surface area contributed by atoms with Crippen LogP contribution in [-0.2, 0) is 0 Å². The number of nitrogens with one attached hydrogen (secondary N) is 1. The standard InChI is InChI=1S/C15H25N3/c1-12(2)10-18(11-14-5-4-7-16-14)15-9-13(3)6-8-17-15/h6,8-9,12,14,16H,4-5,7,10-11H2,1-3H3. The molecule has 0 spiro atoms. The van der Waals surface area contributed by atoms with Gasteiger partial charge < -0.3 is 10.2 Å². The smallest absolute Gasteiger partial charge is 0.128 e. The second kappa shape index (κ2) is 6.19. The predicted molar refractivity (Wildman–Crippen MR) is 77.0 cm³/mol. The molecule has 1 fully saturated rings. The molecule has 0 aliphatic carbocycles. The van der Waals surface area contributed by atoms with Crippen molar-refractivity contribution in [1.82, 2.24) is 10.3 Å². The molecule has 3 heteroatoms. The summed E-state index contributed by atoms with van der Waals surface area (Å²) in [6.07, 6.45) is 4.52. The van der Waals surface area contributed by atoms with E-state index in [1.807, 2.05) is 6.20 Å². The predicted octanol–water partition coefficient (Wildman–Crippen LogP) is 2.60. The van der Waals surface area contributed by atoms with E-state index in [2.05, 4.69) is 48.1 Å². The Balaban J connectivity index is 2.08. The molecule has 100 valence electrons. The molecule has 1 aliphatic rings. The Labute approximate surface area is 111 Å². The molecule has 2 heterocycles. The lowest BCUT2D eigenvalue weighted by Crippen LogP contribution is -2.39. The normalized spacial score (nSPS) is 19.4. The topological polar surface area (TPSA) is 28.2 Å². The van der Waals surface area contributed by atoms with E-state index in [9.17, 15) is 0 Å². The monoisotopic (exact) mass is 247 g/mol. The molecule has 1 aromatic rings. The highest BCUT2D eigenvalue weighted by Gasteiger charge is 2.19. The van der Waals surface area contributed by atoms with Gasteiger partial charge in [0.1, 0.15) is 5.82 Å². The van der Waals surface area contributed by atoms with E-state index in [4.69, 9.17) is 0 Å². The number of aromatic nitrogens is 1. The van der Waals surface area contributed by atoms with Crippen LogP contribution in [0, 0.1) is 12.8 Å². The van der Waals surface area contributed by atoms with Gasteiger partial charge in [0.25, 0.3) is 0 Å². The zero-order chi connectivity index (χ0) is 13.0. The number of nitrogens with zero attached hydrogens (tertiary/aromatic N) is 2. The van der Waals surface area contributed by atoms with Crippen LogP contribution in [-0.4, -0.2) is 30.7 Å². The van der Waals surface area contributed by atoms with Crippen molar-refractivity contribution in [1.29, 1.82) is 0 Å². The lowest BCUT2D eigenvalue weighted by Gasteiger charge is -2.28. The van der Waals surface area contributed by atoms with Gasteiger partial charge in [0.05, 0.1) is 0 Å². The molecule has 1 atom stereocenters. The van der Waals surface area contributed by atoms with Gasteiger partial charge >= 0.3 is 0 Å². The minimum absolute atomic E-state index is 0.631. The van der Waals surface area contributed by atoms with Gasteiger partial charge in [-0.1, -0.05) is 13.8 Å². The van der Waals surface area contributed by atoms with Crippen molar-refractivity contribution in [3.63, 3.8) is 0 Å². The van der Waals surface area contributed by atoms with Crippen LogP contribution >= 0.6 is 0 Å². The molecule has 1 saturated heterocycles. The van der Waals surface area contributed by atoms with Gasteiger partial charge in [-0.2, -0.15) is 0 Å². The van der Waals surface area contributed by atoms with E-state index >= 15 is 0 Å². The van der Waals surface area contributed by atoms with Crippen molar-refractivity contribution >= 4 is 5.82 Å². The third kappa shape index (κ3) is 3.70. The van der Waals surface area contributed by atoms with Crippen LogP contribution < -0.4 is 10.2 Å². The molecule has 2 rings (SSSR count). The van der Waals surface area contributed by atoms with E-state index in [1.165, 1.54) is 24.9 Å². The van der Waals surface area contributed by atoms with E-state index in [0.717, 1.165) is 18.9 Å². The molecular formula is C15H25N3. The van der Waals surface area contributed by atoms with Crippen molar-refractivity contribution in [2.24, 2.45) is 5.92 Å². The maximum atomic E-state index is 4.53. The Hall–Kier alpha value is -1.09. The van der Waals surface area contributed by atoms with Crippen molar-refractivity contribution in [2.45, 2.75) is 39.7 Å². The molecule has 1 unspecified atom stereocenters. The van der Waals surface area contributed by atoms with Crippen molar-refractivity contribution in [2.75, 3.05) is 24.5 Å². The molecular weight excluding hydrogens is 222 g/mol. The summed E-state index contributed by atoms with van der Waals surface area (Å²) in [4.78, 5) is 6.96. The minimum atomic E-state index is 0.631. The van der Waals surface area contributed by atoms with E-state index in [1.54, 1.807) is 0 Å². The minimum Gasteiger partial charge on any atom is -0.355 e. The zero-order valence-electron chi connectivity index (χ0n) is 11.8. The van der Waals surface area contributed by atoms with Crippen LogP contribution in [0.4, 0.5) is 5.82 Å². The molecule has 3 nitrogen and oxygen atoms in total. The maximum absolute atomic E-state index is 4.53. The second-order valence-corrected chi connectivity index (χ2v) is 5.78. The van der Waals surface area contributed by atoms with Crippen molar-refractivity contribution < 1.29 is 0 Å².